The molecular weight excluding hydrogens is 272 g/mol. The van der Waals surface area contributed by atoms with Gasteiger partial charge in [-0.15, -0.1) is 11.6 Å². The minimum Gasteiger partial charge on any atom is -0.347 e. The predicted octanol–water partition coefficient (Wildman–Crippen LogP) is 4.99. The third-order valence-electron chi connectivity index (χ3n) is 5.13. The third kappa shape index (κ3) is 3.90. The average Bonchev–Trinajstić information content (AvgIpc) is 2.72. The van der Waals surface area contributed by atoms with Gasteiger partial charge in [0.1, 0.15) is 0 Å². The summed E-state index contributed by atoms with van der Waals surface area (Å²) in [6.07, 6.45) is 7.00. The molecule has 2 fully saturated rings. The van der Waals surface area contributed by atoms with E-state index in [1.807, 2.05) is 0 Å². The molecule has 0 amide bonds. The standard InChI is InChI=1S/C17H31ClO2/c1-13(2)11-16(3,4)14-5-8-17(9-6-14)19-12-15(20-17)7-10-18/h13-15H,5-12H2,1-4H3. The molecule has 0 aromatic rings. The molecule has 0 aromatic carbocycles. The van der Waals surface area contributed by atoms with Crippen LogP contribution in [0.1, 0.15) is 66.2 Å². The molecule has 0 N–H and O–H groups in total. The van der Waals surface area contributed by atoms with Crippen molar-refractivity contribution >= 4 is 11.6 Å². The van der Waals surface area contributed by atoms with Crippen LogP contribution >= 0.6 is 11.6 Å². The fourth-order valence-corrected chi connectivity index (χ4v) is 4.44. The van der Waals surface area contributed by atoms with Gasteiger partial charge in [0.15, 0.2) is 5.79 Å². The number of rotatable bonds is 5. The van der Waals surface area contributed by atoms with Crippen molar-refractivity contribution in [1.82, 2.24) is 0 Å². The zero-order chi connectivity index (χ0) is 14.8. The summed E-state index contributed by atoms with van der Waals surface area (Å²) in [5.41, 5.74) is 0.434. The molecule has 2 aliphatic rings. The quantitative estimate of drug-likeness (QED) is 0.666. The van der Waals surface area contributed by atoms with Gasteiger partial charge in [-0.2, -0.15) is 0 Å². The van der Waals surface area contributed by atoms with Gasteiger partial charge in [0.05, 0.1) is 12.7 Å². The summed E-state index contributed by atoms with van der Waals surface area (Å²) in [5, 5.41) is 0. The summed E-state index contributed by atoms with van der Waals surface area (Å²) in [6.45, 7) is 10.2. The number of hydrogen-bond donors (Lipinski definition) is 0. The van der Waals surface area contributed by atoms with Crippen molar-refractivity contribution in [2.45, 2.75) is 78.1 Å². The van der Waals surface area contributed by atoms with Gasteiger partial charge in [-0.1, -0.05) is 27.7 Å². The number of halogens is 1. The lowest BCUT2D eigenvalue weighted by molar-refractivity contribution is -0.197. The topological polar surface area (TPSA) is 18.5 Å². The van der Waals surface area contributed by atoms with Crippen molar-refractivity contribution in [3.8, 4) is 0 Å². The number of ether oxygens (including phenoxy) is 2. The minimum atomic E-state index is -0.277. The van der Waals surface area contributed by atoms with E-state index in [-0.39, 0.29) is 11.9 Å². The first-order chi connectivity index (χ1) is 9.37. The molecule has 0 radical (unpaired) electrons. The van der Waals surface area contributed by atoms with Crippen LogP contribution in [0.25, 0.3) is 0 Å². The van der Waals surface area contributed by atoms with Crippen molar-refractivity contribution in [3.05, 3.63) is 0 Å². The minimum absolute atomic E-state index is 0.215. The molecule has 0 bridgehead atoms. The molecule has 1 saturated heterocycles. The van der Waals surface area contributed by atoms with E-state index in [2.05, 4.69) is 27.7 Å². The fraction of sp³-hybridized carbons (Fsp3) is 1.00. The van der Waals surface area contributed by atoms with Gasteiger partial charge in [-0.3, -0.25) is 0 Å². The molecule has 2 rings (SSSR count). The Kier molecular flexibility index (Phi) is 5.42. The Morgan fingerprint density at radius 2 is 1.90 bits per heavy atom. The van der Waals surface area contributed by atoms with Gasteiger partial charge in [-0.05, 0) is 42.9 Å². The molecule has 118 valence electrons. The molecule has 1 spiro atoms. The van der Waals surface area contributed by atoms with E-state index in [0.717, 1.165) is 37.7 Å². The van der Waals surface area contributed by atoms with Crippen LogP contribution < -0.4 is 0 Å². The second kappa shape index (κ2) is 6.54. The number of hydrogen-bond acceptors (Lipinski definition) is 2. The summed E-state index contributed by atoms with van der Waals surface area (Å²) >= 11 is 5.80. The Morgan fingerprint density at radius 1 is 1.25 bits per heavy atom. The Bertz CT molecular complexity index is 306. The zero-order valence-electron chi connectivity index (χ0n) is 13.6. The monoisotopic (exact) mass is 302 g/mol. The van der Waals surface area contributed by atoms with E-state index < -0.39 is 0 Å². The van der Waals surface area contributed by atoms with E-state index in [0.29, 0.717) is 11.3 Å². The van der Waals surface area contributed by atoms with Crippen LogP contribution in [-0.2, 0) is 9.47 Å². The van der Waals surface area contributed by atoms with Crippen molar-refractivity contribution in [2.75, 3.05) is 12.5 Å². The van der Waals surface area contributed by atoms with Crippen LogP contribution in [0.5, 0.6) is 0 Å². The second-order valence-electron chi connectivity index (χ2n) is 7.80. The Balaban J connectivity index is 1.86. The molecule has 1 aliphatic carbocycles. The molecule has 1 atom stereocenters. The first-order valence-electron chi connectivity index (χ1n) is 8.25. The molecule has 1 aliphatic heterocycles. The highest BCUT2D eigenvalue weighted by Gasteiger charge is 2.46. The molecule has 3 heteroatoms. The lowest BCUT2D eigenvalue weighted by Crippen LogP contribution is -2.39. The highest BCUT2D eigenvalue weighted by molar-refractivity contribution is 6.17. The van der Waals surface area contributed by atoms with Gasteiger partial charge >= 0.3 is 0 Å². The zero-order valence-corrected chi connectivity index (χ0v) is 14.3. The summed E-state index contributed by atoms with van der Waals surface area (Å²) in [6, 6.07) is 0. The van der Waals surface area contributed by atoms with Gasteiger partial charge in [0, 0.05) is 18.7 Å². The molecule has 1 unspecified atom stereocenters. The largest absolute Gasteiger partial charge is 0.347 e. The van der Waals surface area contributed by atoms with E-state index in [9.17, 15) is 0 Å². The maximum absolute atomic E-state index is 6.17. The van der Waals surface area contributed by atoms with Crippen molar-refractivity contribution in [2.24, 2.45) is 17.3 Å². The van der Waals surface area contributed by atoms with E-state index in [1.54, 1.807) is 0 Å². The Hall–Kier alpha value is 0.210. The van der Waals surface area contributed by atoms with E-state index >= 15 is 0 Å². The van der Waals surface area contributed by atoms with Crippen molar-refractivity contribution in [3.63, 3.8) is 0 Å². The molecule has 20 heavy (non-hydrogen) atoms. The lowest BCUT2D eigenvalue weighted by Gasteiger charge is -2.43. The van der Waals surface area contributed by atoms with Gasteiger partial charge in [0.25, 0.3) is 0 Å². The second-order valence-corrected chi connectivity index (χ2v) is 8.18. The maximum Gasteiger partial charge on any atom is 0.168 e. The first-order valence-corrected chi connectivity index (χ1v) is 8.78. The van der Waals surface area contributed by atoms with Crippen LogP contribution in [0.15, 0.2) is 0 Å². The van der Waals surface area contributed by atoms with Crippen LogP contribution in [0.2, 0.25) is 0 Å². The van der Waals surface area contributed by atoms with Crippen LogP contribution in [-0.4, -0.2) is 24.4 Å². The highest BCUT2D eigenvalue weighted by Crippen LogP contribution is 2.48. The first kappa shape index (κ1) is 16.6. The summed E-state index contributed by atoms with van der Waals surface area (Å²) in [5.74, 6) is 1.96. The van der Waals surface area contributed by atoms with Crippen LogP contribution in [0.4, 0.5) is 0 Å². The number of alkyl halides is 1. The van der Waals surface area contributed by atoms with E-state index in [1.165, 1.54) is 19.3 Å². The van der Waals surface area contributed by atoms with Gasteiger partial charge in [-0.25, -0.2) is 0 Å². The van der Waals surface area contributed by atoms with Crippen LogP contribution in [0, 0.1) is 17.3 Å². The maximum atomic E-state index is 6.17. The van der Waals surface area contributed by atoms with Crippen molar-refractivity contribution in [1.29, 1.82) is 0 Å². The summed E-state index contributed by atoms with van der Waals surface area (Å²) in [7, 11) is 0. The molecule has 2 nitrogen and oxygen atoms in total. The van der Waals surface area contributed by atoms with Gasteiger partial charge in [0.2, 0.25) is 0 Å². The molecular formula is C17H31ClO2. The average molecular weight is 303 g/mol. The van der Waals surface area contributed by atoms with Crippen molar-refractivity contribution < 1.29 is 9.47 Å². The summed E-state index contributed by atoms with van der Waals surface area (Å²) in [4.78, 5) is 0. The molecule has 1 heterocycles. The molecule has 1 saturated carbocycles. The predicted molar refractivity (Wildman–Crippen MR) is 84.1 cm³/mol. The third-order valence-corrected chi connectivity index (χ3v) is 5.35. The Morgan fingerprint density at radius 3 is 2.45 bits per heavy atom. The van der Waals surface area contributed by atoms with E-state index in [4.69, 9.17) is 21.1 Å². The van der Waals surface area contributed by atoms with Gasteiger partial charge < -0.3 is 9.47 Å². The lowest BCUT2D eigenvalue weighted by atomic mass is 9.66. The smallest absolute Gasteiger partial charge is 0.168 e. The SMILES string of the molecule is CC(C)CC(C)(C)C1CCC2(CC1)OCC(CCCl)O2. The van der Waals surface area contributed by atoms with Crippen LogP contribution in [0.3, 0.4) is 0 Å². The highest BCUT2D eigenvalue weighted by atomic mass is 35.5. The molecule has 0 aromatic heterocycles. The fourth-order valence-electron chi connectivity index (χ4n) is 4.20. The normalized spacial score (nSPS) is 35.1. The summed E-state index contributed by atoms with van der Waals surface area (Å²) < 4.78 is 12.2. The Labute approximate surface area is 129 Å².